The number of benzene rings is 2. The predicted octanol–water partition coefficient (Wildman–Crippen LogP) is 3.59. The third-order valence-corrected chi connectivity index (χ3v) is 12.0. The van der Waals surface area contributed by atoms with Crippen molar-refractivity contribution in [3.63, 3.8) is 0 Å². The van der Waals surface area contributed by atoms with Crippen LogP contribution in [-0.2, 0) is 24.4 Å². The van der Waals surface area contributed by atoms with E-state index in [0.29, 0.717) is 42.0 Å². The van der Waals surface area contributed by atoms with Gasteiger partial charge < -0.3 is 25.4 Å². The lowest BCUT2D eigenvalue weighted by atomic mass is 10.1. The third kappa shape index (κ3) is 6.93. The van der Waals surface area contributed by atoms with Gasteiger partial charge in [0.2, 0.25) is 21.8 Å². The zero-order chi connectivity index (χ0) is 35.0. The molecule has 5 atom stereocenters. The van der Waals surface area contributed by atoms with Gasteiger partial charge in [0.15, 0.2) is 0 Å². The van der Waals surface area contributed by atoms with Crippen LogP contribution in [0.2, 0.25) is 0 Å². The first-order valence-corrected chi connectivity index (χ1v) is 18.9. The Hall–Kier alpha value is -4.49. The molecule has 3 fully saturated rings. The molecule has 3 heterocycles. The van der Waals surface area contributed by atoms with Gasteiger partial charge in [0.25, 0.3) is 5.91 Å². The topological polar surface area (TPSA) is 170 Å². The quantitative estimate of drug-likeness (QED) is 0.312. The average molecular weight is 702 g/mol. The molecule has 50 heavy (non-hydrogen) atoms. The second-order valence-corrected chi connectivity index (χ2v) is 15.8. The summed E-state index contributed by atoms with van der Waals surface area (Å²) in [6, 6.07) is 15.3. The van der Waals surface area contributed by atoms with E-state index in [2.05, 4.69) is 10.0 Å². The number of ether oxygens (including phenoxy) is 2. The van der Waals surface area contributed by atoms with Crippen LogP contribution in [0.5, 0.6) is 11.5 Å². The van der Waals surface area contributed by atoms with Crippen molar-refractivity contribution in [2.24, 2.45) is 11.7 Å². The molecule has 1 unspecified atom stereocenters. The number of pyridine rings is 1. The van der Waals surface area contributed by atoms with E-state index >= 15 is 0 Å². The molecule has 0 bridgehead atoms. The second-order valence-electron chi connectivity index (χ2n) is 13.9. The fraction of sp³-hybridized carbons (Fsp3) is 0.459. The van der Waals surface area contributed by atoms with Crippen LogP contribution in [0, 0.1) is 5.92 Å². The average Bonchev–Trinajstić information content (AvgIpc) is 4.04. The van der Waals surface area contributed by atoms with Crippen LogP contribution in [0.3, 0.4) is 0 Å². The van der Waals surface area contributed by atoms with Crippen LogP contribution in [0.15, 0.2) is 66.7 Å². The van der Waals surface area contributed by atoms with E-state index in [0.717, 1.165) is 36.6 Å². The number of amides is 3. The predicted molar refractivity (Wildman–Crippen MR) is 188 cm³/mol. The summed E-state index contributed by atoms with van der Waals surface area (Å²) in [6.45, 7) is 0.101. The highest BCUT2D eigenvalue weighted by molar-refractivity contribution is 7.91. The van der Waals surface area contributed by atoms with Gasteiger partial charge in [0.05, 0.1) is 36.2 Å². The number of rotatable bonds is 7. The molecule has 0 radical (unpaired) electrons. The molecule has 1 aromatic heterocycles. The number of sulfonamides is 1. The van der Waals surface area contributed by atoms with Crippen LogP contribution in [0.1, 0.15) is 57.8 Å². The molecule has 12 nitrogen and oxygen atoms in total. The first-order valence-electron chi connectivity index (χ1n) is 17.4. The van der Waals surface area contributed by atoms with E-state index in [-0.39, 0.29) is 31.2 Å². The smallest absolute Gasteiger partial charge is 0.259 e. The summed E-state index contributed by atoms with van der Waals surface area (Å²) in [7, 11) is -2.25. The molecule has 13 heteroatoms. The van der Waals surface area contributed by atoms with Crippen molar-refractivity contribution >= 4 is 38.6 Å². The summed E-state index contributed by atoms with van der Waals surface area (Å²) in [4.78, 5) is 48.0. The van der Waals surface area contributed by atoms with E-state index in [9.17, 15) is 22.8 Å². The van der Waals surface area contributed by atoms with E-state index < -0.39 is 50.8 Å². The molecule has 7 rings (SSSR count). The van der Waals surface area contributed by atoms with Crippen LogP contribution >= 0.6 is 0 Å². The van der Waals surface area contributed by atoms with E-state index in [1.54, 1.807) is 7.11 Å². The number of nitrogens with one attached hydrogen (secondary N) is 2. The number of methoxy groups -OCH3 is 1. The van der Waals surface area contributed by atoms with Crippen molar-refractivity contribution in [2.75, 3.05) is 13.7 Å². The van der Waals surface area contributed by atoms with E-state index in [4.69, 9.17) is 20.2 Å². The number of carbonyl (C=O) groups is 3. The molecular formula is C37H43N5O7S. The number of carbonyl (C=O) groups excluding carboxylic acids is 3. The molecule has 2 aromatic carbocycles. The van der Waals surface area contributed by atoms with Crippen LogP contribution in [-0.4, -0.2) is 78.7 Å². The Morgan fingerprint density at radius 3 is 2.62 bits per heavy atom. The zero-order valence-electron chi connectivity index (χ0n) is 28.0. The standard InChI is InChI=1S/C37H43N5O7S/c1-48-25-14-17-28-31(18-25)39-30(23-10-6-5-7-11-23)20-33(28)49-26-19-32-34(43)40-37(36(45)41-50(46,47)27-15-16-27)21-24(37)12-8-3-2-4-9-13-29(38)35(44)42(32)22-26/h5-8,10-12,14,17-18,20,24,26-27,29,32H,2-4,9,13,15-16,19,21-22,38H2,1H3,(H,40,43)(H,41,45)/b12-8-/t24?,26-,29+,32+,37-/m1/s1. The fourth-order valence-corrected chi connectivity index (χ4v) is 8.44. The maximum Gasteiger partial charge on any atom is 0.259 e. The lowest BCUT2D eigenvalue weighted by molar-refractivity contribution is -0.140. The van der Waals surface area contributed by atoms with Crippen LogP contribution < -0.4 is 25.2 Å². The highest BCUT2D eigenvalue weighted by Gasteiger charge is 2.62. The van der Waals surface area contributed by atoms with Gasteiger partial charge in [0, 0.05) is 35.4 Å². The SMILES string of the molecule is COc1ccc2c(O[C@@H]3C[C@H]4C(=O)N[C@]5(C(=O)NS(=O)(=O)C6CC6)CC5/C=C\CCCCC[C@H](N)C(=O)N4C3)cc(-c3ccccc3)nc2c1. The van der Waals surface area contributed by atoms with Gasteiger partial charge in [-0.25, -0.2) is 13.4 Å². The maximum absolute atomic E-state index is 14.2. The van der Waals surface area contributed by atoms with Gasteiger partial charge in [0.1, 0.15) is 29.2 Å². The Balaban J connectivity index is 1.19. The van der Waals surface area contributed by atoms with E-state index in [1.807, 2.05) is 66.7 Å². The fourth-order valence-electron chi connectivity index (χ4n) is 7.08. The minimum Gasteiger partial charge on any atom is -0.497 e. The minimum atomic E-state index is -3.84. The van der Waals surface area contributed by atoms with Crippen molar-refractivity contribution in [2.45, 2.75) is 86.8 Å². The number of hydrogen-bond acceptors (Lipinski definition) is 9. The largest absolute Gasteiger partial charge is 0.497 e. The zero-order valence-corrected chi connectivity index (χ0v) is 28.9. The molecule has 2 aliphatic heterocycles. The van der Waals surface area contributed by atoms with Gasteiger partial charge >= 0.3 is 0 Å². The molecule has 4 aliphatic rings. The van der Waals surface area contributed by atoms with Crippen LogP contribution in [0.25, 0.3) is 22.2 Å². The maximum atomic E-state index is 14.2. The lowest BCUT2D eigenvalue weighted by Gasteiger charge is -2.28. The molecule has 3 amide bonds. The monoisotopic (exact) mass is 701 g/mol. The summed E-state index contributed by atoms with van der Waals surface area (Å²) in [5.41, 5.74) is 7.23. The number of fused-ring (bicyclic) bond motifs is 3. The van der Waals surface area contributed by atoms with Crippen LogP contribution in [0.4, 0.5) is 0 Å². The highest BCUT2D eigenvalue weighted by Crippen LogP contribution is 2.46. The number of allylic oxidation sites excluding steroid dienone is 1. The van der Waals surface area contributed by atoms with Crippen molar-refractivity contribution in [3.05, 3.63) is 66.7 Å². The molecule has 3 aromatic rings. The summed E-state index contributed by atoms with van der Waals surface area (Å²) in [5.74, 6) is -0.849. The molecule has 4 N–H and O–H groups in total. The van der Waals surface area contributed by atoms with Crippen molar-refractivity contribution in [1.29, 1.82) is 0 Å². The van der Waals surface area contributed by atoms with Gasteiger partial charge in [-0.05, 0) is 50.7 Å². The number of nitrogens with zero attached hydrogens (tertiary/aromatic N) is 2. The Morgan fingerprint density at radius 1 is 1.06 bits per heavy atom. The number of nitrogens with two attached hydrogens (primary N) is 1. The molecule has 2 aliphatic carbocycles. The van der Waals surface area contributed by atoms with Crippen molar-refractivity contribution in [1.82, 2.24) is 19.9 Å². The Bertz CT molecular complexity index is 1930. The summed E-state index contributed by atoms with van der Waals surface area (Å²) in [6.07, 6.45) is 8.44. The Labute approximate surface area is 291 Å². The highest BCUT2D eigenvalue weighted by atomic mass is 32.2. The van der Waals surface area contributed by atoms with Gasteiger partial charge in [-0.3, -0.25) is 19.1 Å². The van der Waals surface area contributed by atoms with Gasteiger partial charge in [-0.1, -0.05) is 55.3 Å². The van der Waals surface area contributed by atoms with Crippen molar-refractivity contribution in [3.8, 4) is 22.8 Å². The van der Waals surface area contributed by atoms with Crippen molar-refractivity contribution < 1.29 is 32.3 Å². The number of aromatic nitrogens is 1. The summed E-state index contributed by atoms with van der Waals surface area (Å²) < 4.78 is 39.8. The minimum absolute atomic E-state index is 0.101. The summed E-state index contributed by atoms with van der Waals surface area (Å²) >= 11 is 0. The molecule has 264 valence electrons. The third-order valence-electron chi connectivity index (χ3n) is 10.2. The van der Waals surface area contributed by atoms with Gasteiger partial charge in [-0.15, -0.1) is 0 Å². The Morgan fingerprint density at radius 2 is 1.86 bits per heavy atom. The number of hydrogen-bond donors (Lipinski definition) is 3. The second kappa shape index (κ2) is 13.7. The first-order chi connectivity index (χ1) is 24.1. The first kappa shape index (κ1) is 34.0. The van der Waals surface area contributed by atoms with E-state index in [1.165, 1.54) is 4.90 Å². The normalized spacial score (nSPS) is 28.0. The molecule has 1 saturated heterocycles. The Kier molecular flexibility index (Phi) is 9.29. The molecule has 2 saturated carbocycles. The van der Waals surface area contributed by atoms with Gasteiger partial charge in [-0.2, -0.15) is 0 Å². The molecule has 0 spiro atoms. The lowest BCUT2D eigenvalue weighted by Crippen LogP contribution is -2.57. The summed E-state index contributed by atoms with van der Waals surface area (Å²) in [5, 5.41) is 3.05. The molecular weight excluding hydrogens is 659 g/mol.